The van der Waals surface area contributed by atoms with Crippen LogP contribution < -0.4 is 15.5 Å². The zero-order chi connectivity index (χ0) is 15.8. The van der Waals surface area contributed by atoms with E-state index in [1.807, 2.05) is 6.92 Å². The lowest BCUT2D eigenvalue weighted by Gasteiger charge is -2.10. The van der Waals surface area contributed by atoms with E-state index in [2.05, 4.69) is 15.8 Å². The van der Waals surface area contributed by atoms with Crippen molar-refractivity contribution in [3.63, 3.8) is 0 Å². The van der Waals surface area contributed by atoms with E-state index >= 15 is 0 Å². The number of rotatable bonds is 5. The Morgan fingerprint density at radius 1 is 1.23 bits per heavy atom. The van der Waals surface area contributed by atoms with Crippen LogP contribution in [-0.2, 0) is 9.59 Å². The Balaban J connectivity index is 1.92. The molecule has 114 valence electrons. The molecule has 0 saturated heterocycles. The Hall–Kier alpha value is -3.09. The van der Waals surface area contributed by atoms with Crippen molar-refractivity contribution in [3.8, 4) is 5.75 Å². The van der Waals surface area contributed by atoms with Gasteiger partial charge in [-0.25, -0.2) is 5.43 Å². The van der Waals surface area contributed by atoms with Crippen molar-refractivity contribution in [1.29, 1.82) is 0 Å². The lowest BCUT2D eigenvalue weighted by atomic mass is 10.3. The summed E-state index contributed by atoms with van der Waals surface area (Å²) in [5.74, 6) is -0.787. The average Bonchev–Trinajstić information content (AvgIpc) is 3.02. The Bertz CT molecular complexity index is 665. The normalized spacial score (nSPS) is 10.4. The Morgan fingerprint density at radius 2 is 2.05 bits per heavy atom. The molecule has 0 saturated carbocycles. The summed E-state index contributed by atoms with van der Waals surface area (Å²) in [5.41, 5.74) is 2.53. The first kappa shape index (κ1) is 15.3. The average molecular weight is 301 g/mol. The van der Waals surface area contributed by atoms with Gasteiger partial charge in [-0.05, 0) is 31.2 Å². The van der Waals surface area contributed by atoms with Gasteiger partial charge in [0.15, 0.2) is 0 Å². The first-order valence-electron chi connectivity index (χ1n) is 6.60. The minimum atomic E-state index is -0.894. The monoisotopic (exact) mass is 301 g/mol. The second-order valence-corrected chi connectivity index (χ2v) is 4.10. The molecule has 2 amide bonds. The molecule has 0 fully saturated rings. The third-order valence-electron chi connectivity index (χ3n) is 2.54. The summed E-state index contributed by atoms with van der Waals surface area (Å²) in [4.78, 5) is 23.4. The highest BCUT2D eigenvalue weighted by molar-refractivity contribution is 6.39. The van der Waals surface area contributed by atoms with Crippen LogP contribution in [0.25, 0.3) is 0 Å². The van der Waals surface area contributed by atoms with Gasteiger partial charge < -0.3 is 14.5 Å². The maximum absolute atomic E-state index is 11.8. The molecule has 0 atom stereocenters. The van der Waals surface area contributed by atoms with Gasteiger partial charge in [0, 0.05) is 0 Å². The van der Waals surface area contributed by atoms with Crippen molar-refractivity contribution in [3.05, 3.63) is 48.4 Å². The smallest absolute Gasteiger partial charge is 0.329 e. The molecule has 0 aliphatic heterocycles. The van der Waals surface area contributed by atoms with E-state index in [4.69, 9.17) is 9.15 Å². The number of para-hydroxylation sites is 2. The molecule has 0 spiro atoms. The fourth-order valence-electron chi connectivity index (χ4n) is 1.60. The molecule has 7 heteroatoms. The van der Waals surface area contributed by atoms with Gasteiger partial charge in [-0.2, -0.15) is 5.10 Å². The van der Waals surface area contributed by atoms with Crippen molar-refractivity contribution in [2.45, 2.75) is 6.92 Å². The molecule has 2 aromatic rings. The van der Waals surface area contributed by atoms with Crippen LogP contribution in [0.15, 0.2) is 52.2 Å². The number of amides is 2. The van der Waals surface area contributed by atoms with Crippen molar-refractivity contribution < 1.29 is 18.7 Å². The number of nitrogens with zero attached hydrogens (tertiary/aromatic N) is 1. The van der Waals surface area contributed by atoms with E-state index in [0.717, 1.165) is 0 Å². The van der Waals surface area contributed by atoms with E-state index in [0.29, 0.717) is 23.8 Å². The SMILES string of the molecule is CCOc1ccccc1NC(=O)C(=O)N/N=C\c1ccco1. The standard InChI is InChI=1S/C15H15N3O4/c1-2-21-13-8-4-3-7-12(13)17-14(19)15(20)18-16-10-11-6-5-9-22-11/h3-10H,2H2,1H3,(H,17,19)(H,18,20)/b16-10-. The highest BCUT2D eigenvalue weighted by atomic mass is 16.5. The molecular formula is C15H15N3O4. The highest BCUT2D eigenvalue weighted by Crippen LogP contribution is 2.23. The second-order valence-electron chi connectivity index (χ2n) is 4.10. The van der Waals surface area contributed by atoms with Gasteiger partial charge >= 0.3 is 11.8 Å². The Labute approximate surface area is 127 Å². The number of carbonyl (C=O) groups is 2. The zero-order valence-electron chi connectivity index (χ0n) is 11.9. The largest absolute Gasteiger partial charge is 0.492 e. The summed E-state index contributed by atoms with van der Waals surface area (Å²) in [6.45, 7) is 2.28. The number of anilines is 1. The molecule has 1 aromatic carbocycles. The molecule has 7 nitrogen and oxygen atoms in total. The van der Waals surface area contributed by atoms with Crippen LogP contribution in [0.2, 0.25) is 0 Å². The van der Waals surface area contributed by atoms with Crippen molar-refractivity contribution in [2.75, 3.05) is 11.9 Å². The summed E-state index contributed by atoms with van der Waals surface area (Å²) in [6.07, 6.45) is 2.76. The molecule has 0 aliphatic carbocycles. The predicted octanol–water partition coefficient (Wildman–Crippen LogP) is 1.77. The third kappa shape index (κ3) is 4.20. The van der Waals surface area contributed by atoms with Crippen LogP contribution in [0.1, 0.15) is 12.7 Å². The molecule has 0 unspecified atom stereocenters. The fraction of sp³-hybridized carbons (Fsp3) is 0.133. The number of benzene rings is 1. The minimum absolute atomic E-state index is 0.416. The quantitative estimate of drug-likeness (QED) is 0.500. The molecule has 2 rings (SSSR count). The minimum Gasteiger partial charge on any atom is -0.492 e. The van der Waals surface area contributed by atoms with Crippen LogP contribution in [0.5, 0.6) is 5.75 Å². The molecule has 0 aliphatic rings. The van der Waals surface area contributed by atoms with Gasteiger partial charge in [-0.15, -0.1) is 0 Å². The summed E-state index contributed by atoms with van der Waals surface area (Å²) in [5, 5.41) is 6.09. The molecule has 1 aromatic heterocycles. The van der Waals surface area contributed by atoms with Crippen LogP contribution in [0, 0.1) is 0 Å². The molecule has 0 bridgehead atoms. The van der Waals surface area contributed by atoms with Gasteiger partial charge in [0.2, 0.25) is 0 Å². The number of ether oxygens (including phenoxy) is 1. The van der Waals surface area contributed by atoms with E-state index in [-0.39, 0.29) is 0 Å². The first-order valence-corrected chi connectivity index (χ1v) is 6.60. The maximum Gasteiger partial charge on any atom is 0.329 e. The second kappa shape index (κ2) is 7.63. The Morgan fingerprint density at radius 3 is 2.77 bits per heavy atom. The Kier molecular flexibility index (Phi) is 5.31. The number of carbonyl (C=O) groups excluding carboxylic acids is 2. The predicted molar refractivity (Wildman–Crippen MR) is 80.7 cm³/mol. The highest BCUT2D eigenvalue weighted by Gasteiger charge is 2.15. The van der Waals surface area contributed by atoms with Gasteiger partial charge in [0.25, 0.3) is 0 Å². The van der Waals surface area contributed by atoms with E-state index in [1.165, 1.54) is 12.5 Å². The van der Waals surface area contributed by atoms with Crippen LogP contribution in [0.3, 0.4) is 0 Å². The number of hydrogen-bond donors (Lipinski definition) is 2. The maximum atomic E-state index is 11.8. The van der Waals surface area contributed by atoms with Gasteiger partial charge in [-0.1, -0.05) is 12.1 Å². The summed E-state index contributed by atoms with van der Waals surface area (Å²) in [7, 11) is 0. The molecule has 2 N–H and O–H groups in total. The van der Waals surface area contributed by atoms with Crippen molar-refractivity contribution in [1.82, 2.24) is 5.43 Å². The van der Waals surface area contributed by atoms with Crippen LogP contribution in [0.4, 0.5) is 5.69 Å². The first-order chi connectivity index (χ1) is 10.7. The van der Waals surface area contributed by atoms with E-state index < -0.39 is 11.8 Å². The number of furan rings is 1. The summed E-state index contributed by atoms with van der Waals surface area (Å²) >= 11 is 0. The van der Waals surface area contributed by atoms with Crippen LogP contribution >= 0.6 is 0 Å². The fourth-order valence-corrected chi connectivity index (χ4v) is 1.60. The molecule has 1 heterocycles. The van der Waals surface area contributed by atoms with E-state index in [9.17, 15) is 9.59 Å². The zero-order valence-corrected chi connectivity index (χ0v) is 11.9. The van der Waals surface area contributed by atoms with Crippen LogP contribution in [-0.4, -0.2) is 24.6 Å². The van der Waals surface area contributed by atoms with Gasteiger partial charge in [-0.3, -0.25) is 9.59 Å². The topological polar surface area (TPSA) is 92.9 Å². The molecular weight excluding hydrogens is 286 g/mol. The number of nitrogens with one attached hydrogen (secondary N) is 2. The van der Waals surface area contributed by atoms with Gasteiger partial charge in [0.1, 0.15) is 11.5 Å². The summed E-state index contributed by atoms with van der Waals surface area (Å²) < 4.78 is 10.4. The molecule has 22 heavy (non-hydrogen) atoms. The van der Waals surface area contributed by atoms with E-state index in [1.54, 1.807) is 36.4 Å². The molecule has 0 radical (unpaired) electrons. The number of hydrazone groups is 1. The van der Waals surface area contributed by atoms with Crippen molar-refractivity contribution >= 4 is 23.7 Å². The van der Waals surface area contributed by atoms with Crippen molar-refractivity contribution in [2.24, 2.45) is 5.10 Å². The lowest BCUT2D eigenvalue weighted by molar-refractivity contribution is -0.136. The van der Waals surface area contributed by atoms with Gasteiger partial charge in [0.05, 0.1) is 24.8 Å². The third-order valence-corrected chi connectivity index (χ3v) is 2.54. The number of hydrogen-bond acceptors (Lipinski definition) is 5. The lowest BCUT2D eigenvalue weighted by Crippen LogP contribution is -2.32. The summed E-state index contributed by atoms with van der Waals surface area (Å²) in [6, 6.07) is 10.2.